The molecule has 3 N–H and O–H groups in total. The third kappa shape index (κ3) is 4.72. The Morgan fingerprint density at radius 2 is 1.96 bits per heavy atom. The maximum Gasteiger partial charge on any atom is 0.272 e. The van der Waals surface area contributed by atoms with Crippen LogP contribution in [0, 0.1) is 5.92 Å². The lowest BCUT2D eigenvalue weighted by Gasteiger charge is -2.09. The van der Waals surface area contributed by atoms with E-state index in [9.17, 15) is 9.59 Å². The van der Waals surface area contributed by atoms with Gasteiger partial charge in [-0.15, -0.1) is 0 Å². The van der Waals surface area contributed by atoms with Crippen LogP contribution in [0.2, 0.25) is 10.0 Å². The molecule has 0 bridgehead atoms. The van der Waals surface area contributed by atoms with E-state index in [-0.39, 0.29) is 23.8 Å². The predicted molar refractivity (Wildman–Crippen MR) is 93.4 cm³/mol. The molecular formula is C16H18Cl2N4O2. The first-order valence-corrected chi connectivity index (χ1v) is 8.17. The number of imidazole rings is 1. The minimum Gasteiger partial charge on any atom is -0.350 e. The number of aromatic amines is 1. The standard InChI is InChI=1S/C16H18Cl2N4O2/c1-9(2)6-19-15(23)13-14(22-8-21-13)16(24)20-7-10-3-4-11(17)5-12(10)18/h3-5,8-9H,6-7H2,1-2H3,(H,19,23)(H,20,24)(H,21,22). The molecule has 1 heterocycles. The number of benzene rings is 1. The first-order valence-electron chi connectivity index (χ1n) is 7.42. The van der Waals surface area contributed by atoms with Gasteiger partial charge in [-0.1, -0.05) is 43.1 Å². The van der Waals surface area contributed by atoms with E-state index in [0.29, 0.717) is 22.5 Å². The Bertz CT molecular complexity index is 743. The fourth-order valence-corrected chi connectivity index (χ4v) is 2.42. The van der Waals surface area contributed by atoms with Crippen LogP contribution in [0.1, 0.15) is 40.4 Å². The van der Waals surface area contributed by atoms with Crippen molar-refractivity contribution in [1.82, 2.24) is 20.6 Å². The molecule has 6 nitrogen and oxygen atoms in total. The van der Waals surface area contributed by atoms with E-state index in [2.05, 4.69) is 20.6 Å². The maximum atomic E-state index is 12.3. The fraction of sp³-hybridized carbons (Fsp3) is 0.312. The quantitative estimate of drug-likeness (QED) is 0.732. The van der Waals surface area contributed by atoms with Crippen LogP contribution in [-0.4, -0.2) is 28.3 Å². The minimum absolute atomic E-state index is 0.0651. The van der Waals surface area contributed by atoms with Crippen LogP contribution in [0.3, 0.4) is 0 Å². The number of nitrogens with one attached hydrogen (secondary N) is 3. The summed E-state index contributed by atoms with van der Waals surface area (Å²) in [7, 11) is 0. The average Bonchev–Trinajstić information content (AvgIpc) is 3.01. The molecule has 0 unspecified atom stereocenters. The van der Waals surface area contributed by atoms with Crippen molar-refractivity contribution in [3.63, 3.8) is 0 Å². The number of carbonyl (C=O) groups is 2. The second-order valence-corrected chi connectivity index (χ2v) is 6.49. The van der Waals surface area contributed by atoms with Crippen LogP contribution >= 0.6 is 23.2 Å². The molecule has 0 saturated carbocycles. The van der Waals surface area contributed by atoms with Gasteiger partial charge >= 0.3 is 0 Å². The third-order valence-corrected chi connectivity index (χ3v) is 3.79. The smallest absolute Gasteiger partial charge is 0.272 e. The SMILES string of the molecule is CC(C)CNC(=O)c1nc[nH]c1C(=O)NCc1ccc(Cl)cc1Cl. The molecule has 1 aromatic heterocycles. The summed E-state index contributed by atoms with van der Waals surface area (Å²) in [6.07, 6.45) is 1.31. The Balaban J connectivity index is 2.03. The first-order chi connectivity index (χ1) is 11.4. The van der Waals surface area contributed by atoms with E-state index >= 15 is 0 Å². The van der Waals surface area contributed by atoms with Crippen molar-refractivity contribution in [2.24, 2.45) is 5.92 Å². The summed E-state index contributed by atoms with van der Waals surface area (Å²) in [6, 6.07) is 5.02. The summed E-state index contributed by atoms with van der Waals surface area (Å²) in [6.45, 7) is 4.68. The van der Waals surface area contributed by atoms with Gasteiger partial charge in [-0.05, 0) is 23.6 Å². The molecular weight excluding hydrogens is 351 g/mol. The van der Waals surface area contributed by atoms with Crippen molar-refractivity contribution in [3.05, 3.63) is 51.5 Å². The number of halogens is 2. The summed E-state index contributed by atoms with van der Waals surface area (Å²) in [4.78, 5) is 31.0. The third-order valence-electron chi connectivity index (χ3n) is 3.21. The highest BCUT2D eigenvalue weighted by atomic mass is 35.5. The number of nitrogens with zero attached hydrogens (tertiary/aromatic N) is 1. The molecule has 0 saturated heterocycles. The Hall–Kier alpha value is -2.05. The van der Waals surface area contributed by atoms with Gasteiger partial charge in [0.2, 0.25) is 0 Å². The lowest BCUT2D eigenvalue weighted by molar-refractivity contribution is 0.0910. The van der Waals surface area contributed by atoms with Gasteiger partial charge in [-0.2, -0.15) is 0 Å². The number of H-pyrrole nitrogens is 1. The molecule has 128 valence electrons. The summed E-state index contributed by atoms with van der Waals surface area (Å²) < 4.78 is 0. The van der Waals surface area contributed by atoms with Crippen molar-refractivity contribution in [1.29, 1.82) is 0 Å². The van der Waals surface area contributed by atoms with Gasteiger partial charge in [0.05, 0.1) is 6.33 Å². The van der Waals surface area contributed by atoms with Gasteiger partial charge in [0.25, 0.3) is 11.8 Å². The Morgan fingerprint density at radius 3 is 2.62 bits per heavy atom. The predicted octanol–water partition coefficient (Wildman–Crippen LogP) is 3.03. The molecule has 0 aliphatic rings. The highest BCUT2D eigenvalue weighted by Crippen LogP contribution is 2.20. The van der Waals surface area contributed by atoms with Crippen molar-refractivity contribution in [3.8, 4) is 0 Å². The number of amides is 2. The molecule has 0 aliphatic carbocycles. The van der Waals surface area contributed by atoms with Gasteiger partial charge in [0, 0.05) is 23.1 Å². The van der Waals surface area contributed by atoms with E-state index in [4.69, 9.17) is 23.2 Å². The van der Waals surface area contributed by atoms with Crippen LogP contribution in [-0.2, 0) is 6.54 Å². The largest absolute Gasteiger partial charge is 0.350 e. The summed E-state index contributed by atoms with van der Waals surface area (Å²) >= 11 is 11.9. The first kappa shape index (κ1) is 18.3. The normalized spacial score (nSPS) is 10.7. The maximum absolute atomic E-state index is 12.3. The van der Waals surface area contributed by atoms with Gasteiger partial charge < -0.3 is 15.6 Å². The Kier molecular flexibility index (Phi) is 6.23. The average molecular weight is 369 g/mol. The molecule has 0 atom stereocenters. The van der Waals surface area contributed by atoms with E-state index in [1.54, 1.807) is 18.2 Å². The number of aromatic nitrogens is 2. The van der Waals surface area contributed by atoms with E-state index in [0.717, 1.165) is 5.56 Å². The molecule has 0 aliphatic heterocycles. The van der Waals surface area contributed by atoms with E-state index in [1.807, 2.05) is 13.8 Å². The number of hydrogen-bond donors (Lipinski definition) is 3. The highest BCUT2D eigenvalue weighted by Gasteiger charge is 2.20. The lowest BCUT2D eigenvalue weighted by Crippen LogP contribution is -2.31. The molecule has 0 radical (unpaired) electrons. The Morgan fingerprint density at radius 1 is 1.21 bits per heavy atom. The van der Waals surface area contributed by atoms with Crippen molar-refractivity contribution in [2.75, 3.05) is 6.54 Å². The summed E-state index contributed by atoms with van der Waals surface area (Å²) in [5.74, 6) is -0.523. The lowest BCUT2D eigenvalue weighted by atomic mass is 10.2. The van der Waals surface area contributed by atoms with Crippen LogP contribution in [0.5, 0.6) is 0 Å². The zero-order valence-electron chi connectivity index (χ0n) is 13.3. The second-order valence-electron chi connectivity index (χ2n) is 5.65. The molecule has 2 aromatic rings. The summed E-state index contributed by atoms with van der Waals surface area (Å²) in [5.41, 5.74) is 0.899. The fourth-order valence-electron chi connectivity index (χ4n) is 1.95. The van der Waals surface area contributed by atoms with Crippen LogP contribution in [0.15, 0.2) is 24.5 Å². The molecule has 2 amide bonds. The van der Waals surface area contributed by atoms with E-state index in [1.165, 1.54) is 6.33 Å². The van der Waals surface area contributed by atoms with Crippen LogP contribution in [0.4, 0.5) is 0 Å². The zero-order valence-corrected chi connectivity index (χ0v) is 14.8. The van der Waals surface area contributed by atoms with Crippen LogP contribution < -0.4 is 10.6 Å². The topological polar surface area (TPSA) is 86.9 Å². The van der Waals surface area contributed by atoms with E-state index < -0.39 is 5.91 Å². The van der Waals surface area contributed by atoms with Gasteiger partial charge in [0.1, 0.15) is 5.69 Å². The molecule has 8 heteroatoms. The zero-order chi connectivity index (χ0) is 17.7. The van der Waals surface area contributed by atoms with Crippen molar-refractivity contribution >= 4 is 35.0 Å². The van der Waals surface area contributed by atoms with Gasteiger partial charge in [0.15, 0.2) is 5.69 Å². The number of hydrogen-bond acceptors (Lipinski definition) is 3. The second kappa shape index (κ2) is 8.17. The van der Waals surface area contributed by atoms with Crippen molar-refractivity contribution in [2.45, 2.75) is 20.4 Å². The molecule has 0 fully saturated rings. The van der Waals surface area contributed by atoms with Gasteiger partial charge in [-0.25, -0.2) is 4.98 Å². The molecule has 2 rings (SSSR count). The minimum atomic E-state index is -0.437. The van der Waals surface area contributed by atoms with Crippen LogP contribution in [0.25, 0.3) is 0 Å². The Labute approximate surface area is 150 Å². The van der Waals surface area contributed by atoms with Gasteiger partial charge in [-0.3, -0.25) is 9.59 Å². The number of rotatable bonds is 6. The molecule has 24 heavy (non-hydrogen) atoms. The molecule has 1 aromatic carbocycles. The monoisotopic (exact) mass is 368 g/mol. The number of carbonyl (C=O) groups excluding carboxylic acids is 2. The highest BCUT2D eigenvalue weighted by molar-refractivity contribution is 6.35. The van der Waals surface area contributed by atoms with Crippen molar-refractivity contribution < 1.29 is 9.59 Å². The summed E-state index contributed by atoms with van der Waals surface area (Å²) in [5, 5.41) is 6.42. The molecule has 0 spiro atoms.